The first-order valence-corrected chi connectivity index (χ1v) is 10.4. The first-order valence-electron chi connectivity index (χ1n) is 7.64. The molecule has 2 aromatic carbocycles. The summed E-state index contributed by atoms with van der Waals surface area (Å²) in [6.07, 6.45) is 0. The molecule has 0 saturated carbocycles. The first-order chi connectivity index (χ1) is 12.3. The van der Waals surface area contributed by atoms with Gasteiger partial charge in [-0.3, -0.25) is 0 Å². The van der Waals surface area contributed by atoms with Crippen LogP contribution in [0.15, 0.2) is 63.7 Å². The van der Waals surface area contributed by atoms with Crippen LogP contribution in [0.5, 0.6) is 0 Å². The molecule has 0 heterocycles. The van der Waals surface area contributed by atoms with Crippen LogP contribution in [0.2, 0.25) is 0 Å². The van der Waals surface area contributed by atoms with Crippen molar-refractivity contribution in [3.05, 3.63) is 48.5 Å². The molecular weight excluding hydrogens is 376 g/mol. The number of hydrogen-bond donors (Lipinski definition) is 2. The summed E-state index contributed by atoms with van der Waals surface area (Å²) in [5, 5.41) is 8.20. The molecule has 0 bridgehead atoms. The maximum atomic E-state index is 12.0. The van der Waals surface area contributed by atoms with Gasteiger partial charge in [-0.2, -0.15) is 10.2 Å². The zero-order valence-electron chi connectivity index (χ0n) is 14.4. The normalized spacial score (nSPS) is 13.0. The van der Waals surface area contributed by atoms with Gasteiger partial charge in [0.2, 0.25) is 10.0 Å². The summed E-state index contributed by atoms with van der Waals surface area (Å²) >= 11 is -2.04. The lowest BCUT2D eigenvalue weighted by molar-refractivity contribution is 0.561. The highest BCUT2D eigenvalue weighted by atomic mass is 32.2. The van der Waals surface area contributed by atoms with E-state index in [2.05, 4.69) is 15.0 Å². The summed E-state index contributed by atoms with van der Waals surface area (Å²) in [5.41, 5.74) is 2.25. The summed E-state index contributed by atoms with van der Waals surface area (Å²) in [5.74, 6) is -0.169. The topological polar surface area (TPSA) is 111 Å². The van der Waals surface area contributed by atoms with Crippen molar-refractivity contribution in [2.75, 3.05) is 31.3 Å². The van der Waals surface area contributed by atoms with E-state index < -0.39 is 21.1 Å². The van der Waals surface area contributed by atoms with Crippen LogP contribution < -0.4 is 9.62 Å². The van der Waals surface area contributed by atoms with Crippen LogP contribution in [0.4, 0.5) is 17.1 Å². The van der Waals surface area contributed by atoms with Crippen LogP contribution in [0.3, 0.4) is 0 Å². The molecule has 2 aromatic rings. The van der Waals surface area contributed by atoms with Gasteiger partial charge in [-0.1, -0.05) is 0 Å². The van der Waals surface area contributed by atoms with Crippen molar-refractivity contribution >= 4 is 38.2 Å². The molecule has 0 radical (unpaired) electrons. The smallest absolute Gasteiger partial charge is 0.240 e. The monoisotopic (exact) mass is 396 g/mol. The summed E-state index contributed by atoms with van der Waals surface area (Å²) in [4.78, 5) is 2.03. The maximum Gasteiger partial charge on any atom is 0.240 e. The molecule has 2 rings (SSSR count). The number of rotatable bonds is 8. The SMILES string of the molecule is CN(C)c1ccc(N=Nc2ccc(S(=O)(=O)NCCS(=O)O)cc2)cc1. The zero-order chi connectivity index (χ0) is 19.2. The van der Waals surface area contributed by atoms with Crippen molar-refractivity contribution in [2.24, 2.45) is 10.2 Å². The lowest BCUT2D eigenvalue weighted by Crippen LogP contribution is -2.27. The highest BCUT2D eigenvalue weighted by Gasteiger charge is 2.13. The number of benzene rings is 2. The predicted octanol–water partition coefficient (Wildman–Crippen LogP) is 2.67. The molecule has 0 amide bonds. The molecule has 0 aliphatic heterocycles. The molecule has 2 N–H and O–H groups in total. The van der Waals surface area contributed by atoms with Crippen molar-refractivity contribution in [2.45, 2.75) is 4.90 Å². The predicted molar refractivity (Wildman–Crippen MR) is 102 cm³/mol. The van der Waals surface area contributed by atoms with Crippen LogP contribution in [0.1, 0.15) is 0 Å². The Kier molecular flexibility index (Phi) is 6.98. The molecule has 0 spiro atoms. The number of nitrogens with one attached hydrogen (secondary N) is 1. The van der Waals surface area contributed by atoms with Gasteiger partial charge in [-0.25, -0.2) is 17.3 Å². The van der Waals surface area contributed by atoms with Gasteiger partial charge in [-0.15, -0.1) is 0 Å². The van der Waals surface area contributed by atoms with Gasteiger partial charge in [0.05, 0.1) is 22.0 Å². The lowest BCUT2D eigenvalue weighted by Gasteiger charge is -2.11. The Morgan fingerprint density at radius 1 is 1.00 bits per heavy atom. The van der Waals surface area contributed by atoms with Gasteiger partial charge in [-0.05, 0) is 48.5 Å². The molecule has 0 saturated heterocycles. The van der Waals surface area contributed by atoms with Crippen molar-refractivity contribution in [1.82, 2.24) is 4.72 Å². The second kappa shape index (κ2) is 8.99. The molecule has 0 aliphatic carbocycles. The van der Waals surface area contributed by atoms with E-state index in [4.69, 9.17) is 4.55 Å². The molecule has 0 aromatic heterocycles. The van der Waals surface area contributed by atoms with Crippen LogP contribution in [0, 0.1) is 0 Å². The summed E-state index contributed by atoms with van der Waals surface area (Å²) in [7, 11) is 0.172. The Labute approximate surface area is 155 Å². The molecule has 0 fully saturated rings. The lowest BCUT2D eigenvalue weighted by atomic mass is 10.3. The first kappa shape index (κ1) is 20.2. The van der Waals surface area contributed by atoms with E-state index in [1.54, 1.807) is 0 Å². The van der Waals surface area contributed by atoms with E-state index in [0.29, 0.717) is 11.4 Å². The molecule has 8 nitrogen and oxygen atoms in total. The van der Waals surface area contributed by atoms with E-state index >= 15 is 0 Å². The fourth-order valence-corrected chi connectivity index (χ4v) is 3.41. The molecule has 1 atom stereocenters. The van der Waals surface area contributed by atoms with Crippen molar-refractivity contribution < 1.29 is 17.2 Å². The van der Waals surface area contributed by atoms with Crippen LogP contribution in [-0.2, 0) is 21.1 Å². The number of anilines is 1. The summed E-state index contributed by atoms with van der Waals surface area (Å²) in [6.45, 7) is -0.115. The second-order valence-corrected chi connectivity index (χ2v) is 8.35. The molecular formula is C16H20N4O4S2. The van der Waals surface area contributed by atoms with Crippen molar-refractivity contribution in [1.29, 1.82) is 0 Å². The minimum absolute atomic E-state index is 0.0514. The second-order valence-electron chi connectivity index (χ2n) is 5.53. The molecule has 10 heteroatoms. The third kappa shape index (κ3) is 5.99. The van der Waals surface area contributed by atoms with E-state index in [1.165, 1.54) is 24.3 Å². The number of hydrogen-bond acceptors (Lipinski definition) is 6. The van der Waals surface area contributed by atoms with Crippen molar-refractivity contribution in [3.8, 4) is 0 Å². The van der Waals surface area contributed by atoms with Gasteiger partial charge in [0.15, 0.2) is 11.1 Å². The zero-order valence-corrected chi connectivity index (χ0v) is 16.0. The van der Waals surface area contributed by atoms with Crippen molar-refractivity contribution in [3.63, 3.8) is 0 Å². The third-order valence-electron chi connectivity index (χ3n) is 3.36. The standard InChI is InChI=1S/C16H20N4O4S2/c1-20(2)15-7-3-13(4-8-15)18-19-14-5-9-16(10-6-14)26(23,24)17-11-12-25(21)22/h3-10,17H,11-12H2,1-2H3,(H,21,22). The average Bonchev–Trinajstić information content (AvgIpc) is 2.60. The minimum atomic E-state index is -3.73. The Hall–Kier alpha value is -2.14. The average molecular weight is 396 g/mol. The molecule has 140 valence electrons. The van der Waals surface area contributed by atoms with E-state index in [1.807, 2.05) is 43.3 Å². The van der Waals surface area contributed by atoms with E-state index in [-0.39, 0.29) is 17.2 Å². The number of nitrogens with zero attached hydrogens (tertiary/aromatic N) is 3. The fourth-order valence-electron chi connectivity index (χ4n) is 1.97. The molecule has 26 heavy (non-hydrogen) atoms. The van der Waals surface area contributed by atoms with Crippen LogP contribution in [-0.4, -0.2) is 43.6 Å². The summed E-state index contributed by atoms with van der Waals surface area (Å²) in [6, 6.07) is 13.4. The quantitative estimate of drug-likeness (QED) is 0.526. The minimum Gasteiger partial charge on any atom is -0.378 e. The maximum absolute atomic E-state index is 12.0. The third-order valence-corrected chi connectivity index (χ3v) is 5.39. The van der Waals surface area contributed by atoms with Crippen LogP contribution in [0.25, 0.3) is 0 Å². The van der Waals surface area contributed by atoms with E-state index in [9.17, 15) is 12.6 Å². The Balaban J connectivity index is 2.03. The van der Waals surface area contributed by atoms with Gasteiger partial charge in [0.25, 0.3) is 0 Å². The largest absolute Gasteiger partial charge is 0.378 e. The molecule has 0 aliphatic rings. The summed E-state index contributed by atoms with van der Waals surface area (Å²) < 4.78 is 45.6. The van der Waals surface area contributed by atoms with Gasteiger partial charge in [0.1, 0.15) is 0 Å². The van der Waals surface area contributed by atoms with E-state index in [0.717, 1.165) is 5.69 Å². The Morgan fingerprint density at radius 3 is 1.96 bits per heavy atom. The van der Waals surface area contributed by atoms with Gasteiger partial charge in [0, 0.05) is 26.3 Å². The van der Waals surface area contributed by atoms with Gasteiger partial charge < -0.3 is 9.45 Å². The Morgan fingerprint density at radius 2 is 1.50 bits per heavy atom. The fraction of sp³-hybridized carbons (Fsp3) is 0.250. The number of sulfonamides is 1. The highest BCUT2D eigenvalue weighted by Crippen LogP contribution is 2.22. The number of azo groups is 1. The van der Waals surface area contributed by atoms with Gasteiger partial charge >= 0.3 is 0 Å². The highest BCUT2D eigenvalue weighted by molar-refractivity contribution is 7.89. The molecule has 1 unspecified atom stereocenters. The Bertz CT molecular complexity index is 879. The van der Waals surface area contributed by atoms with Crippen LogP contribution >= 0.6 is 0 Å².